The average molecular weight is 393 g/mol. The van der Waals surface area contributed by atoms with Gasteiger partial charge in [0.1, 0.15) is 17.9 Å². The minimum atomic E-state index is -0.287. The Morgan fingerprint density at radius 3 is 2.73 bits per heavy atom. The van der Waals surface area contributed by atoms with Gasteiger partial charge >= 0.3 is 0 Å². The molecular formula is C21H19Cl2FO2. The average Bonchev–Trinajstić information content (AvgIpc) is 2.62. The zero-order valence-corrected chi connectivity index (χ0v) is 15.9. The highest BCUT2D eigenvalue weighted by atomic mass is 35.5. The van der Waals surface area contributed by atoms with E-state index >= 15 is 0 Å². The van der Waals surface area contributed by atoms with Crippen LogP contribution in [0.25, 0.3) is 5.03 Å². The molecule has 2 aromatic rings. The van der Waals surface area contributed by atoms with Crippen molar-refractivity contribution in [2.75, 3.05) is 6.61 Å². The summed E-state index contributed by atoms with van der Waals surface area (Å²) in [7, 11) is 0. The molecule has 2 nitrogen and oxygen atoms in total. The SMILES string of the molecule is C[C@H](COc1ccc2c(c1)CCC(C=O)=C2Cl)Cc1ccc(Cl)cc1F. The molecule has 1 aliphatic rings. The Labute approximate surface area is 162 Å². The molecule has 0 heterocycles. The van der Waals surface area contributed by atoms with Gasteiger partial charge in [0.25, 0.3) is 0 Å². The molecule has 0 aliphatic heterocycles. The van der Waals surface area contributed by atoms with Crippen molar-refractivity contribution in [3.63, 3.8) is 0 Å². The minimum Gasteiger partial charge on any atom is -0.493 e. The molecule has 0 bridgehead atoms. The van der Waals surface area contributed by atoms with Crippen LogP contribution in [0.1, 0.15) is 30.0 Å². The van der Waals surface area contributed by atoms with Gasteiger partial charge in [-0.2, -0.15) is 0 Å². The second kappa shape index (κ2) is 8.24. The molecular weight excluding hydrogens is 374 g/mol. The van der Waals surface area contributed by atoms with Gasteiger partial charge in [0.05, 0.1) is 11.6 Å². The Balaban J connectivity index is 1.63. The molecule has 0 unspecified atom stereocenters. The number of hydrogen-bond donors (Lipinski definition) is 0. The van der Waals surface area contributed by atoms with Crippen LogP contribution < -0.4 is 4.74 Å². The Morgan fingerprint density at radius 1 is 1.19 bits per heavy atom. The van der Waals surface area contributed by atoms with Crippen LogP contribution in [-0.2, 0) is 17.6 Å². The lowest BCUT2D eigenvalue weighted by molar-refractivity contribution is -0.105. The molecule has 5 heteroatoms. The molecule has 1 aliphatic carbocycles. The van der Waals surface area contributed by atoms with Crippen LogP contribution in [0.5, 0.6) is 5.75 Å². The van der Waals surface area contributed by atoms with Crippen molar-refractivity contribution < 1.29 is 13.9 Å². The van der Waals surface area contributed by atoms with E-state index in [0.717, 1.165) is 29.6 Å². The van der Waals surface area contributed by atoms with Crippen molar-refractivity contribution >= 4 is 34.5 Å². The molecule has 0 radical (unpaired) electrons. The Kier molecular flexibility index (Phi) is 6.00. The lowest BCUT2D eigenvalue weighted by Crippen LogP contribution is -2.12. The van der Waals surface area contributed by atoms with E-state index in [4.69, 9.17) is 27.9 Å². The van der Waals surface area contributed by atoms with Crippen LogP contribution in [0.4, 0.5) is 4.39 Å². The first-order chi connectivity index (χ1) is 12.5. The van der Waals surface area contributed by atoms with E-state index < -0.39 is 0 Å². The Hall–Kier alpha value is -1.84. The number of hydrogen-bond acceptors (Lipinski definition) is 2. The summed E-state index contributed by atoms with van der Waals surface area (Å²) in [6, 6.07) is 10.4. The number of fused-ring (bicyclic) bond motifs is 1. The third-order valence-corrected chi connectivity index (χ3v) is 5.20. The lowest BCUT2D eigenvalue weighted by Gasteiger charge is -2.19. The van der Waals surface area contributed by atoms with Crippen LogP contribution in [0.15, 0.2) is 42.0 Å². The standard InChI is InChI=1S/C21H19Cl2FO2/c1-13(8-15-4-5-17(22)10-20(15)24)12-26-18-6-7-19-14(9-18)2-3-16(11-25)21(19)23/h4-7,9-11,13H,2-3,8,12H2,1H3/t13-/m0/s1. The monoisotopic (exact) mass is 392 g/mol. The fourth-order valence-corrected chi connectivity index (χ4v) is 3.59. The van der Waals surface area contributed by atoms with Gasteiger partial charge < -0.3 is 4.74 Å². The lowest BCUT2D eigenvalue weighted by atomic mass is 9.92. The second-order valence-corrected chi connectivity index (χ2v) is 7.45. The van der Waals surface area contributed by atoms with Crippen LogP contribution >= 0.6 is 23.2 Å². The molecule has 0 saturated carbocycles. The summed E-state index contributed by atoms with van der Waals surface area (Å²) in [6.45, 7) is 2.49. The number of aldehydes is 1. The third kappa shape index (κ3) is 4.28. The summed E-state index contributed by atoms with van der Waals surface area (Å²) < 4.78 is 19.8. The fraction of sp³-hybridized carbons (Fsp3) is 0.286. The van der Waals surface area contributed by atoms with Gasteiger partial charge in [-0.1, -0.05) is 36.2 Å². The predicted octanol–water partition coefficient (Wildman–Crippen LogP) is 5.83. The first kappa shape index (κ1) is 18.9. The van der Waals surface area contributed by atoms with E-state index in [0.29, 0.717) is 40.6 Å². The molecule has 0 amide bonds. The maximum atomic E-state index is 13.9. The fourth-order valence-electron chi connectivity index (χ4n) is 3.10. The highest BCUT2D eigenvalue weighted by Crippen LogP contribution is 2.35. The molecule has 2 aromatic carbocycles. The normalized spacial score (nSPS) is 14.8. The third-order valence-electron chi connectivity index (χ3n) is 4.52. The summed E-state index contributed by atoms with van der Waals surface area (Å²) in [4.78, 5) is 11.0. The van der Waals surface area contributed by atoms with Gasteiger partial charge in [-0.25, -0.2) is 4.39 Å². The van der Waals surface area contributed by atoms with Gasteiger partial charge in [0, 0.05) is 10.6 Å². The van der Waals surface area contributed by atoms with Crippen molar-refractivity contribution in [2.45, 2.75) is 26.2 Å². The van der Waals surface area contributed by atoms with Crippen LogP contribution in [-0.4, -0.2) is 12.9 Å². The summed E-state index contributed by atoms with van der Waals surface area (Å²) in [5.74, 6) is 0.614. The zero-order chi connectivity index (χ0) is 18.7. The topological polar surface area (TPSA) is 26.3 Å². The van der Waals surface area contributed by atoms with Crippen LogP contribution in [0.3, 0.4) is 0 Å². The zero-order valence-electron chi connectivity index (χ0n) is 14.4. The van der Waals surface area contributed by atoms with Gasteiger partial charge in [0.2, 0.25) is 0 Å². The van der Waals surface area contributed by atoms with Gasteiger partial charge in [0.15, 0.2) is 0 Å². The molecule has 0 fully saturated rings. The van der Waals surface area contributed by atoms with E-state index in [1.165, 1.54) is 6.07 Å². The highest BCUT2D eigenvalue weighted by molar-refractivity contribution is 6.50. The van der Waals surface area contributed by atoms with Crippen molar-refractivity contribution in [1.29, 1.82) is 0 Å². The number of carbonyl (C=O) groups is 1. The first-order valence-electron chi connectivity index (χ1n) is 8.51. The minimum absolute atomic E-state index is 0.145. The smallest absolute Gasteiger partial charge is 0.147 e. The second-order valence-electron chi connectivity index (χ2n) is 6.63. The summed E-state index contributed by atoms with van der Waals surface area (Å²) in [5.41, 5.74) is 3.25. The molecule has 1 atom stereocenters. The molecule has 0 saturated heterocycles. The van der Waals surface area contributed by atoms with Crippen molar-refractivity contribution in [2.24, 2.45) is 5.92 Å². The summed E-state index contributed by atoms with van der Waals surface area (Å²) >= 11 is 12.1. The molecule has 136 valence electrons. The number of rotatable bonds is 6. The number of ether oxygens (including phenoxy) is 1. The molecule has 0 N–H and O–H groups in total. The highest BCUT2D eigenvalue weighted by Gasteiger charge is 2.18. The maximum absolute atomic E-state index is 13.9. The van der Waals surface area contributed by atoms with E-state index in [2.05, 4.69) is 0 Å². The predicted molar refractivity (Wildman–Crippen MR) is 103 cm³/mol. The number of halogens is 3. The molecule has 0 aromatic heterocycles. The van der Waals surface area contributed by atoms with Gasteiger partial charge in [-0.15, -0.1) is 0 Å². The van der Waals surface area contributed by atoms with Crippen molar-refractivity contribution in [3.05, 3.63) is 69.5 Å². The number of benzene rings is 2. The quantitative estimate of drug-likeness (QED) is 0.577. The largest absolute Gasteiger partial charge is 0.493 e. The van der Waals surface area contributed by atoms with E-state index in [9.17, 15) is 9.18 Å². The Morgan fingerprint density at radius 2 is 2.00 bits per heavy atom. The maximum Gasteiger partial charge on any atom is 0.147 e. The first-order valence-corrected chi connectivity index (χ1v) is 9.27. The van der Waals surface area contributed by atoms with Crippen molar-refractivity contribution in [1.82, 2.24) is 0 Å². The van der Waals surface area contributed by atoms with E-state index in [-0.39, 0.29) is 11.7 Å². The van der Waals surface area contributed by atoms with E-state index in [1.54, 1.807) is 12.1 Å². The molecule has 26 heavy (non-hydrogen) atoms. The van der Waals surface area contributed by atoms with E-state index in [1.807, 2.05) is 25.1 Å². The van der Waals surface area contributed by atoms with Crippen LogP contribution in [0.2, 0.25) is 5.02 Å². The summed E-state index contributed by atoms with van der Waals surface area (Å²) in [6.07, 6.45) is 2.81. The number of allylic oxidation sites excluding steroid dienone is 1. The van der Waals surface area contributed by atoms with Gasteiger partial charge in [-0.3, -0.25) is 4.79 Å². The Bertz CT molecular complexity index is 861. The van der Waals surface area contributed by atoms with Crippen molar-refractivity contribution in [3.8, 4) is 5.75 Å². The van der Waals surface area contributed by atoms with Gasteiger partial charge in [-0.05, 0) is 72.2 Å². The molecule has 0 spiro atoms. The van der Waals surface area contributed by atoms with Crippen LogP contribution in [0, 0.1) is 11.7 Å². The number of carbonyl (C=O) groups excluding carboxylic acids is 1. The molecule has 3 rings (SSSR count). The number of aryl methyl sites for hydroxylation is 1. The summed E-state index contributed by atoms with van der Waals surface area (Å²) in [5, 5.41) is 0.925.